The molecule has 12 rings (SSSR count). The van der Waals surface area contributed by atoms with Crippen LogP contribution in [0.1, 0.15) is 22.9 Å². The Bertz CT molecular complexity index is 3390. The first-order valence-electron chi connectivity index (χ1n) is 19.2. The number of hydrogen-bond donors (Lipinski definition) is 1. The lowest BCUT2D eigenvalue weighted by Crippen LogP contribution is -2.33. The van der Waals surface area contributed by atoms with Crippen molar-refractivity contribution in [3.8, 4) is 16.8 Å². The molecular weight excluding hydrogens is 733 g/mol. The molecule has 11 aromatic rings. The number of aromatic nitrogens is 1. The Morgan fingerprint density at radius 2 is 0.982 bits per heavy atom. The van der Waals surface area contributed by atoms with Gasteiger partial charge in [0.05, 0.1) is 21.4 Å². The second kappa shape index (κ2) is 12.8. The summed E-state index contributed by atoms with van der Waals surface area (Å²) < 4.78 is 7.50. The van der Waals surface area contributed by atoms with Crippen molar-refractivity contribution in [1.29, 1.82) is 0 Å². The van der Waals surface area contributed by atoms with E-state index in [1.807, 2.05) is 46.9 Å². The van der Waals surface area contributed by atoms with Crippen LogP contribution in [-0.4, -0.2) is 16.2 Å². The van der Waals surface area contributed by atoms with Gasteiger partial charge in [-0.25, -0.2) is 9.98 Å². The van der Waals surface area contributed by atoms with Crippen molar-refractivity contribution in [3.05, 3.63) is 199 Å². The van der Waals surface area contributed by atoms with Gasteiger partial charge >= 0.3 is 0 Å². The highest BCUT2D eigenvalue weighted by Gasteiger charge is 2.24. The van der Waals surface area contributed by atoms with E-state index in [0.29, 0.717) is 0 Å². The summed E-state index contributed by atoms with van der Waals surface area (Å²) in [6.45, 7) is 0. The van der Waals surface area contributed by atoms with Crippen molar-refractivity contribution < 1.29 is 0 Å². The molecule has 1 unspecified atom stereocenters. The predicted molar refractivity (Wildman–Crippen MR) is 244 cm³/mol. The van der Waals surface area contributed by atoms with Gasteiger partial charge in [-0.05, 0) is 53.1 Å². The van der Waals surface area contributed by atoms with E-state index in [4.69, 9.17) is 9.98 Å². The Hall–Kier alpha value is -6.86. The standard InChI is InChI=1S/C51H32N4S2/c1-3-15-31(16-4-1)49-52-50(32-17-5-2-6-18-32)54-51(53-49)39-25-11-23-37-45-35(21-13-29-43(45)56-47(37)39)36-22-14-30-44-46(36)38-24-12-28-42(48(38)57-44)55-40-26-9-7-19-33(40)34-20-8-10-27-41(34)55/h1-30,49H,(H,52,53,54). The lowest BCUT2D eigenvalue weighted by molar-refractivity contribution is 0.674. The van der Waals surface area contributed by atoms with Crippen LogP contribution in [0.2, 0.25) is 0 Å². The summed E-state index contributed by atoms with van der Waals surface area (Å²) >= 11 is 3.73. The van der Waals surface area contributed by atoms with E-state index in [2.05, 4.69) is 168 Å². The van der Waals surface area contributed by atoms with Gasteiger partial charge in [0, 0.05) is 57.5 Å². The maximum atomic E-state index is 5.20. The van der Waals surface area contributed by atoms with Crippen molar-refractivity contribution >= 4 is 96.5 Å². The minimum Gasteiger partial charge on any atom is -0.344 e. The maximum Gasteiger partial charge on any atom is 0.159 e. The molecule has 1 atom stereocenters. The van der Waals surface area contributed by atoms with Crippen molar-refractivity contribution in [3.63, 3.8) is 0 Å². The molecule has 8 aromatic carbocycles. The van der Waals surface area contributed by atoms with Gasteiger partial charge in [-0.2, -0.15) is 0 Å². The normalized spacial score (nSPS) is 14.5. The minimum atomic E-state index is -0.258. The van der Waals surface area contributed by atoms with E-state index in [9.17, 15) is 0 Å². The third-order valence-corrected chi connectivity index (χ3v) is 13.7. The third kappa shape index (κ3) is 5.04. The number of thiophene rings is 2. The van der Waals surface area contributed by atoms with E-state index in [1.165, 1.54) is 79.0 Å². The molecule has 4 nitrogen and oxygen atoms in total. The first-order valence-corrected chi connectivity index (χ1v) is 20.8. The van der Waals surface area contributed by atoms with Crippen LogP contribution in [0.15, 0.2) is 192 Å². The van der Waals surface area contributed by atoms with Crippen molar-refractivity contribution in [2.45, 2.75) is 6.17 Å². The molecule has 268 valence electrons. The summed E-state index contributed by atoms with van der Waals surface area (Å²) in [5, 5.41) is 11.4. The van der Waals surface area contributed by atoms with E-state index in [0.717, 1.165) is 28.4 Å². The molecule has 0 bridgehead atoms. The molecule has 1 aliphatic heterocycles. The van der Waals surface area contributed by atoms with Crippen LogP contribution in [0.4, 0.5) is 0 Å². The zero-order valence-electron chi connectivity index (χ0n) is 30.6. The van der Waals surface area contributed by atoms with Crippen molar-refractivity contribution in [2.24, 2.45) is 9.98 Å². The number of fused-ring (bicyclic) bond motifs is 9. The van der Waals surface area contributed by atoms with Crippen molar-refractivity contribution in [2.75, 3.05) is 0 Å². The van der Waals surface area contributed by atoms with Gasteiger partial charge in [0.15, 0.2) is 5.84 Å². The second-order valence-electron chi connectivity index (χ2n) is 14.5. The summed E-state index contributed by atoms with van der Waals surface area (Å²) in [6.07, 6.45) is -0.258. The third-order valence-electron chi connectivity index (χ3n) is 11.3. The monoisotopic (exact) mass is 764 g/mol. The van der Waals surface area contributed by atoms with E-state index in [-0.39, 0.29) is 6.17 Å². The highest BCUT2D eigenvalue weighted by Crippen LogP contribution is 2.47. The number of hydrogen-bond acceptors (Lipinski definition) is 5. The number of rotatable bonds is 5. The molecule has 57 heavy (non-hydrogen) atoms. The second-order valence-corrected chi connectivity index (χ2v) is 16.6. The largest absolute Gasteiger partial charge is 0.344 e. The fraction of sp³-hybridized carbons (Fsp3) is 0.0196. The highest BCUT2D eigenvalue weighted by atomic mass is 32.1. The molecule has 0 saturated heterocycles. The first-order chi connectivity index (χ1) is 28.3. The molecule has 6 heteroatoms. The molecule has 1 aliphatic rings. The zero-order valence-corrected chi connectivity index (χ0v) is 32.2. The Labute approximate surface area is 336 Å². The Balaban J connectivity index is 1.05. The smallest absolute Gasteiger partial charge is 0.159 e. The maximum absolute atomic E-state index is 5.20. The molecule has 0 radical (unpaired) electrons. The number of para-hydroxylation sites is 2. The average molecular weight is 765 g/mol. The van der Waals surface area contributed by atoms with Crippen LogP contribution in [-0.2, 0) is 0 Å². The molecule has 4 heterocycles. The quantitative estimate of drug-likeness (QED) is 0.186. The molecule has 0 saturated carbocycles. The van der Waals surface area contributed by atoms with Crippen LogP contribution in [0.25, 0.3) is 79.0 Å². The molecule has 3 aromatic heterocycles. The van der Waals surface area contributed by atoms with E-state index in [1.54, 1.807) is 0 Å². The highest BCUT2D eigenvalue weighted by molar-refractivity contribution is 7.27. The van der Waals surface area contributed by atoms with Crippen LogP contribution in [0.3, 0.4) is 0 Å². The molecule has 0 fully saturated rings. The number of benzene rings is 8. The van der Waals surface area contributed by atoms with Crippen LogP contribution < -0.4 is 5.32 Å². The van der Waals surface area contributed by atoms with Gasteiger partial charge in [0.1, 0.15) is 12.0 Å². The Morgan fingerprint density at radius 3 is 1.67 bits per heavy atom. The van der Waals surface area contributed by atoms with Crippen LogP contribution in [0, 0.1) is 0 Å². The number of nitrogens with zero attached hydrogens (tertiary/aromatic N) is 3. The Morgan fingerprint density at radius 1 is 0.456 bits per heavy atom. The SMILES string of the molecule is c1ccc(C2=NC(c3ccccc3)NC(c3cccc4c3sc3cccc(-c5cccc6sc7c(-n8c9ccccc9c9ccccc98)cccc7c56)c34)=N2)cc1. The minimum absolute atomic E-state index is 0.258. The van der Waals surface area contributed by atoms with E-state index >= 15 is 0 Å². The lowest BCUT2D eigenvalue weighted by atomic mass is 9.95. The van der Waals surface area contributed by atoms with Gasteiger partial charge in [-0.3, -0.25) is 0 Å². The molecule has 0 aliphatic carbocycles. The summed E-state index contributed by atoms with van der Waals surface area (Å²) in [6, 6.07) is 65.3. The summed E-state index contributed by atoms with van der Waals surface area (Å²) in [7, 11) is 0. The Kier molecular flexibility index (Phi) is 7.30. The average Bonchev–Trinajstić information content (AvgIpc) is 3.97. The fourth-order valence-electron chi connectivity index (χ4n) is 8.78. The topological polar surface area (TPSA) is 41.7 Å². The number of amidine groups is 2. The van der Waals surface area contributed by atoms with Gasteiger partial charge in [0.2, 0.25) is 0 Å². The number of aliphatic imine (C=N–C) groups is 2. The molecule has 1 N–H and O–H groups in total. The zero-order chi connectivity index (χ0) is 37.5. The van der Waals surface area contributed by atoms with Crippen LogP contribution >= 0.6 is 22.7 Å². The molecule has 0 amide bonds. The van der Waals surface area contributed by atoms with E-state index < -0.39 is 0 Å². The van der Waals surface area contributed by atoms with Gasteiger partial charge < -0.3 is 9.88 Å². The number of nitrogens with one attached hydrogen (secondary N) is 1. The molecule has 0 spiro atoms. The molecular formula is C51H32N4S2. The van der Waals surface area contributed by atoms with Gasteiger partial charge in [0.25, 0.3) is 0 Å². The van der Waals surface area contributed by atoms with Gasteiger partial charge in [-0.15, -0.1) is 22.7 Å². The predicted octanol–water partition coefficient (Wildman–Crippen LogP) is 13.7. The fourth-order valence-corrected chi connectivity index (χ4v) is 11.3. The van der Waals surface area contributed by atoms with Crippen molar-refractivity contribution in [1.82, 2.24) is 9.88 Å². The first kappa shape index (κ1) is 32.4. The lowest BCUT2D eigenvalue weighted by Gasteiger charge is -2.24. The summed E-state index contributed by atoms with van der Waals surface area (Å²) in [5.74, 6) is 1.56. The van der Waals surface area contributed by atoms with Gasteiger partial charge in [-0.1, -0.05) is 146 Å². The summed E-state index contributed by atoms with van der Waals surface area (Å²) in [5.41, 5.74) is 9.35. The summed E-state index contributed by atoms with van der Waals surface area (Å²) in [4.78, 5) is 10.3. The van der Waals surface area contributed by atoms with Crippen LogP contribution in [0.5, 0.6) is 0 Å².